The molecule has 1 aromatic carbocycles. The molecule has 0 unspecified atom stereocenters. The van der Waals surface area contributed by atoms with Crippen molar-refractivity contribution in [3.8, 4) is 5.75 Å². The molecule has 0 spiro atoms. The monoisotopic (exact) mass is 360 g/mol. The van der Waals surface area contributed by atoms with Crippen LogP contribution in [0.2, 0.25) is 0 Å². The van der Waals surface area contributed by atoms with Crippen LogP contribution < -0.4 is 15.4 Å². The maximum Gasteiger partial charge on any atom is 0.226 e. The first kappa shape index (κ1) is 17.3. The molecule has 1 aromatic heterocycles. The lowest BCUT2D eigenvalue weighted by atomic mass is 10.0. The number of nitrogens with one attached hydrogen (secondary N) is 2. The van der Waals surface area contributed by atoms with E-state index in [9.17, 15) is 9.59 Å². The van der Waals surface area contributed by atoms with Gasteiger partial charge in [0.2, 0.25) is 16.9 Å². The Kier molecular flexibility index (Phi) is 5.60. The summed E-state index contributed by atoms with van der Waals surface area (Å²) in [6, 6.07) is 5.63. The predicted octanol–water partition coefficient (Wildman–Crippen LogP) is 2.78. The fraction of sp³-hybridized carbons (Fsp3) is 0.412. The van der Waals surface area contributed by atoms with Gasteiger partial charge in [-0.3, -0.25) is 9.59 Å². The Morgan fingerprint density at radius 3 is 3.04 bits per heavy atom. The number of nitrogens with zero attached hydrogens (tertiary/aromatic N) is 2. The molecule has 3 rings (SSSR count). The molecule has 0 bridgehead atoms. The van der Waals surface area contributed by atoms with Gasteiger partial charge >= 0.3 is 0 Å². The Morgan fingerprint density at radius 1 is 1.36 bits per heavy atom. The SMILES string of the molecule is CCc1nnc(NC(=O)CCCOc2ccc3c(c2)CCC(=O)N3)s1. The van der Waals surface area contributed by atoms with E-state index in [0.29, 0.717) is 31.0 Å². The van der Waals surface area contributed by atoms with Crippen LogP contribution in [0.5, 0.6) is 5.75 Å². The predicted molar refractivity (Wildman–Crippen MR) is 96.0 cm³/mol. The van der Waals surface area contributed by atoms with Gasteiger partial charge in [0.1, 0.15) is 10.8 Å². The molecule has 7 nitrogen and oxygen atoms in total. The average Bonchev–Trinajstić information content (AvgIpc) is 3.06. The molecule has 0 saturated heterocycles. The number of anilines is 2. The summed E-state index contributed by atoms with van der Waals surface area (Å²) >= 11 is 1.40. The lowest BCUT2D eigenvalue weighted by Gasteiger charge is -2.17. The fourth-order valence-corrected chi connectivity index (χ4v) is 3.20. The Hall–Kier alpha value is -2.48. The van der Waals surface area contributed by atoms with Crippen molar-refractivity contribution in [3.05, 3.63) is 28.8 Å². The summed E-state index contributed by atoms with van der Waals surface area (Å²) in [4.78, 5) is 23.2. The van der Waals surface area contributed by atoms with Gasteiger partial charge in [-0.25, -0.2) is 0 Å². The zero-order valence-corrected chi connectivity index (χ0v) is 14.8. The van der Waals surface area contributed by atoms with Crippen molar-refractivity contribution in [2.24, 2.45) is 0 Å². The molecular formula is C17H20N4O3S. The Bertz CT molecular complexity index is 775. The van der Waals surface area contributed by atoms with Gasteiger partial charge < -0.3 is 15.4 Å². The maximum atomic E-state index is 11.9. The average molecular weight is 360 g/mol. The van der Waals surface area contributed by atoms with Crippen LogP contribution in [-0.2, 0) is 22.4 Å². The molecule has 2 heterocycles. The molecule has 132 valence electrons. The number of carbonyl (C=O) groups excluding carboxylic acids is 2. The lowest BCUT2D eigenvalue weighted by Crippen LogP contribution is -2.18. The molecule has 8 heteroatoms. The van der Waals surface area contributed by atoms with Crippen LogP contribution in [0.15, 0.2) is 18.2 Å². The van der Waals surface area contributed by atoms with Crippen molar-refractivity contribution in [1.29, 1.82) is 0 Å². The molecule has 0 saturated carbocycles. The summed E-state index contributed by atoms with van der Waals surface area (Å²) in [5, 5.41) is 14.9. The van der Waals surface area contributed by atoms with Crippen molar-refractivity contribution in [2.45, 2.75) is 39.0 Å². The van der Waals surface area contributed by atoms with E-state index >= 15 is 0 Å². The molecule has 0 aliphatic carbocycles. The van der Waals surface area contributed by atoms with Gasteiger partial charge in [0.15, 0.2) is 0 Å². The first-order valence-electron chi connectivity index (χ1n) is 8.32. The summed E-state index contributed by atoms with van der Waals surface area (Å²) < 4.78 is 5.70. The number of rotatable bonds is 7. The minimum absolute atomic E-state index is 0.0497. The molecule has 0 radical (unpaired) electrons. The molecule has 0 fully saturated rings. The van der Waals surface area contributed by atoms with E-state index in [1.165, 1.54) is 11.3 Å². The quantitative estimate of drug-likeness (QED) is 0.741. The third-order valence-corrected chi connectivity index (χ3v) is 4.79. The fourth-order valence-electron chi connectivity index (χ4n) is 2.50. The molecule has 1 aliphatic heterocycles. The number of aryl methyl sites for hydroxylation is 2. The number of ether oxygens (including phenoxy) is 1. The van der Waals surface area contributed by atoms with E-state index in [4.69, 9.17) is 4.74 Å². The third-order valence-electron chi connectivity index (χ3n) is 3.80. The van der Waals surface area contributed by atoms with Crippen molar-refractivity contribution in [3.63, 3.8) is 0 Å². The van der Waals surface area contributed by atoms with Gasteiger partial charge in [-0.15, -0.1) is 10.2 Å². The topological polar surface area (TPSA) is 93.2 Å². The van der Waals surface area contributed by atoms with Gasteiger partial charge in [-0.2, -0.15) is 0 Å². The second-order valence-corrected chi connectivity index (χ2v) is 6.78. The number of aromatic nitrogens is 2. The molecule has 2 amide bonds. The second-order valence-electron chi connectivity index (χ2n) is 5.72. The van der Waals surface area contributed by atoms with Crippen LogP contribution in [0.1, 0.15) is 36.8 Å². The van der Waals surface area contributed by atoms with E-state index in [0.717, 1.165) is 34.8 Å². The smallest absolute Gasteiger partial charge is 0.226 e. The van der Waals surface area contributed by atoms with E-state index in [2.05, 4.69) is 20.8 Å². The molecular weight excluding hydrogens is 340 g/mol. The van der Waals surface area contributed by atoms with E-state index in [1.54, 1.807) is 0 Å². The zero-order valence-electron chi connectivity index (χ0n) is 14.0. The number of hydrogen-bond acceptors (Lipinski definition) is 6. The highest BCUT2D eigenvalue weighted by Gasteiger charge is 2.15. The minimum Gasteiger partial charge on any atom is -0.494 e. The summed E-state index contributed by atoms with van der Waals surface area (Å²) in [5.74, 6) is 0.719. The summed E-state index contributed by atoms with van der Waals surface area (Å²) in [7, 11) is 0. The first-order chi connectivity index (χ1) is 12.1. The molecule has 0 atom stereocenters. The minimum atomic E-state index is -0.0874. The highest BCUT2D eigenvalue weighted by molar-refractivity contribution is 7.15. The van der Waals surface area contributed by atoms with Gasteiger partial charge in [-0.1, -0.05) is 18.3 Å². The highest BCUT2D eigenvalue weighted by Crippen LogP contribution is 2.26. The molecule has 1 aliphatic rings. The zero-order chi connectivity index (χ0) is 17.6. The Labute approximate surface area is 149 Å². The Morgan fingerprint density at radius 2 is 2.24 bits per heavy atom. The second kappa shape index (κ2) is 8.06. The van der Waals surface area contributed by atoms with Crippen molar-refractivity contribution >= 4 is 34.0 Å². The van der Waals surface area contributed by atoms with Gasteiger partial charge in [0.05, 0.1) is 6.61 Å². The van der Waals surface area contributed by atoms with Crippen LogP contribution in [0.3, 0.4) is 0 Å². The summed E-state index contributed by atoms with van der Waals surface area (Å²) in [5.41, 5.74) is 1.93. The van der Waals surface area contributed by atoms with Crippen LogP contribution in [-0.4, -0.2) is 28.6 Å². The standard InChI is InChI=1S/C17H20N4O3S/c1-2-16-20-21-17(25-16)19-14(22)4-3-9-24-12-6-7-13-11(10-12)5-8-15(23)18-13/h6-7,10H,2-5,8-9H2,1H3,(H,18,23)(H,19,21,22). The largest absolute Gasteiger partial charge is 0.494 e. The number of carbonyl (C=O) groups is 2. The first-order valence-corrected chi connectivity index (χ1v) is 9.13. The number of hydrogen-bond donors (Lipinski definition) is 2. The van der Waals surface area contributed by atoms with E-state index < -0.39 is 0 Å². The van der Waals surface area contributed by atoms with Gasteiger partial charge in [0, 0.05) is 18.5 Å². The van der Waals surface area contributed by atoms with Crippen molar-refractivity contribution in [1.82, 2.24) is 10.2 Å². The number of amides is 2. The summed E-state index contributed by atoms with van der Waals surface area (Å²) in [6.07, 6.45) is 3.01. The van der Waals surface area contributed by atoms with Gasteiger partial charge in [0.25, 0.3) is 0 Å². The maximum absolute atomic E-state index is 11.9. The van der Waals surface area contributed by atoms with Crippen LogP contribution in [0.25, 0.3) is 0 Å². The van der Waals surface area contributed by atoms with Crippen molar-refractivity contribution < 1.29 is 14.3 Å². The molecule has 25 heavy (non-hydrogen) atoms. The molecule has 2 aromatic rings. The number of fused-ring (bicyclic) bond motifs is 1. The van der Waals surface area contributed by atoms with Crippen LogP contribution in [0.4, 0.5) is 10.8 Å². The highest BCUT2D eigenvalue weighted by atomic mass is 32.1. The van der Waals surface area contributed by atoms with Gasteiger partial charge in [-0.05, 0) is 43.0 Å². The van der Waals surface area contributed by atoms with E-state index in [-0.39, 0.29) is 11.8 Å². The third kappa shape index (κ3) is 4.76. The number of benzene rings is 1. The lowest BCUT2D eigenvalue weighted by molar-refractivity contribution is -0.117. The van der Waals surface area contributed by atoms with Crippen molar-refractivity contribution in [2.75, 3.05) is 17.2 Å². The van der Waals surface area contributed by atoms with Crippen LogP contribution in [0, 0.1) is 0 Å². The van der Waals surface area contributed by atoms with Crippen LogP contribution >= 0.6 is 11.3 Å². The molecule has 2 N–H and O–H groups in total. The Balaban J connectivity index is 1.41. The summed E-state index contributed by atoms with van der Waals surface area (Å²) in [6.45, 7) is 2.45. The van der Waals surface area contributed by atoms with E-state index in [1.807, 2.05) is 25.1 Å². The normalized spacial score (nSPS) is 13.1.